The van der Waals surface area contributed by atoms with Crippen LogP contribution in [0.2, 0.25) is 0 Å². The number of pyridine rings is 3. The van der Waals surface area contributed by atoms with Crippen molar-refractivity contribution in [2.24, 2.45) is 0 Å². The minimum atomic E-state index is 0. The van der Waals surface area contributed by atoms with Gasteiger partial charge in [-0.3, -0.25) is 9.97 Å². The van der Waals surface area contributed by atoms with Gasteiger partial charge in [0.25, 0.3) is 0 Å². The van der Waals surface area contributed by atoms with Crippen molar-refractivity contribution in [3.8, 4) is 39.7 Å². The quantitative estimate of drug-likeness (QED) is 0.131. The number of fused-ring (bicyclic) bond motifs is 11. The molecule has 5 aromatic carbocycles. The minimum Gasteiger partial charge on any atom is -0.503 e. The van der Waals surface area contributed by atoms with Crippen molar-refractivity contribution in [2.45, 2.75) is 6.42 Å². The van der Waals surface area contributed by atoms with E-state index in [1.165, 1.54) is 22.0 Å². The van der Waals surface area contributed by atoms with Crippen LogP contribution in [-0.4, -0.2) is 23.9 Å². The van der Waals surface area contributed by atoms with Gasteiger partial charge in [-0.15, -0.1) is 23.8 Å². The summed E-state index contributed by atoms with van der Waals surface area (Å²) < 4.78 is 11.0. The SMILES string of the molecule is [Pt+2].[c-]1c(Oc2[c-]c3c(cc2)c2ncccc2n2c(-c4ccccc4)c(-c4ccccc4)nc32)ccc2c1-n1c3ncccc3c3cccc(c31)C2. The molecule has 0 saturated heterocycles. The molecule has 51 heavy (non-hydrogen) atoms. The van der Waals surface area contributed by atoms with Crippen LogP contribution in [0.4, 0.5) is 0 Å². The number of nitrogens with zero attached hydrogens (tertiary/aromatic N) is 5. The van der Waals surface area contributed by atoms with E-state index in [9.17, 15) is 0 Å². The minimum absolute atomic E-state index is 0. The molecule has 0 unspecified atom stereocenters. The monoisotopic (exact) mass is 834 g/mol. The predicted molar refractivity (Wildman–Crippen MR) is 198 cm³/mol. The third-order valence-corrected chi connectivity index (χ3v) is 9.83. The molecule has 0 fully saturated rings. The van der Waals surface area contributed by atoms with Gasteiger partial charge >= 0.3 is 21.1 Å². The van der Waals surface area contributed by atoms with Crippen LogP contribution in [0.15, 0.2) is 140 Å². The van der Waals surface area contributed by atoms with Gasteiger partial charge in [-0.1, -0.05) is 107 Å². The van der Waals surface area contributed by atoms with Crippen LogP contribution in [0.25, 0.3) is 77.6 Å². The van der Waals surface area contributed by atoms with E-state index in [4.69, 9.17) is 19.7 Å². The Balaban J connectivity index is 0.00000327. The number of para-hydroxylation sites is 1. The average molecular weight is 835 g/mol. The molecule has 0 aliphatic carbocycles. The fourth-order valence-corrected chi connectivity index (χ4v) is 7.72. The Bertz CT molecular complexity index is 2990. The maximum absolute atomic E-state index is 6.59. The van der Waals surface area contributed by atoms with Crippen LogP contribution in [-0.2, 0) is 27.5 Å². The predicted octanol–water partition coefficient (Wildman–Crippen LogP) is 10.2. The van der Waals surface area contributed by atoms with Gasteiger partial charge in [0.1, 0.15) is 5.65 Å². The topological polar surface area (TPSA) is 57.2 Å². The second kappa shape index (κ2) is 11.5. The Kier molecular flexibility index (Phi) is 6.70. The molecule has 6 nitrogen and oxygen atoms in total. The summed E-state index contributed by atoms with van der Waals surface area (Å²) in [6, 6.07) is 50.9. The van der Waals surface area contributed by atoms with Crippen molar-refractivity contribution in [1.29, 1.82) is 0 Å². The molecule has 6 heterocycles. The van der Waals surface area contributed by atoms with Crippen molar-refractivity contribution < 1.29 is 25.8 Å². The van der Waals surface area contributed by atoms with Gasteiger partial charge in [0.15, 0.2) is 0 Å². The zero-order valence-electron chi connectivity index (χ0n) is 26.9. The van der Waals surface area contributed by atoms with Crippen molar-refractivity contribution in [3.63, 3.8) is 0 Å². The molecule has 0 saturated carbocycles. The maximum Gasteiger partial charge on any atom is 2.00 e. The molecule has 1 aliphatic heterocycles. The van der Waals surface area contributed by atoms with Gasteiger partial charge in [0, 0.05) is 40.2 Å². The molecule has 10 aromatic rings. The van der Waals surface area contributed by atoms with Gasteiger partial charge in [0.2, 0.25) is 0 Å². The Morgan fingerprint density at radius 3 is 2.20 bits per heavy atom. The van der Waals surface area contributed by atoms with E-state index >= 15 is 0 Å². The normalized spacial score (nSPS) is 12.1. The van der Waals surface area contributed by atoms with Gasteiger partial charge in [-0.2, -0.15) is 6.07 Å². The second-order valence-corrected chi connectivity index (χ2v) is 12.7. The summed E-state index contributed by atoms with van der Waals surface area (Å²) in [5.41, 5.74) is 12.2. The first-order valence-electron chi connectivity index (χ1n) is 16.7. The number of hydrogen-bond donors (Lipinski definition) is 0. The van der Waals surface area contributed by atoms with Crippen molar-refractivity contribution in [2.75, 3.05) is 0 Å². The van der Waals surface area contributed by atoms with Crippen LogP contribution in [0, 0.1) is 12.1 Å². The third-order valence-electron chi connectivity index (χ3n) is 9.83. The van der Waals surface area contributed by atoms with Crippen molar-refractivity contribution in [3.05, 3.63) is 163 Å². The number of benzene rings is 5. The van der Waals surface area contributed by atoms with Crippen LogP contribution >= 0.6 is 0 Å². The molecule has 0 N–H and O–H groups in total. The summed E-state index contributed by atoms with van der Waals surface area (Å²) >= 11 is 0. The first-order chi connectivity index (χ1) is 24.8. The molecular weight excluding hydrogens is 810 g/mol. The molecule has 5 aromatic heterocycles. The first-order valence-corrected chi connectivity index (χ1v) is 16.7. The fourth-order valence-electron chi connectivity index (χ4n) is 7.72. The van der Waals surface area contributed by atoms with Gasteiger partial charge in [-0.05, 0) is 41.8 Å². The number of ether oxygens (including phenoxy) is 1. The van der Waals surface area contributed by atoms with Crippen LogP contribution in [0.5, 0.6) is 11.5 Å². The van der Waals surface area contributed by atoms with Crippen molar-refractivity contribution >= 4 is 49.4 Å². The van der Waals surface area contributed by atoms with Crippen LogP contribution in [0.3, 0.4) is 0 Å². The summed E-state index contributed by atoms with van der Waals surface area (Å²) in [5, 5.41) is 4.13. The molecule has 242 valence electrons. The smallest absolute Gasteiger partial charge is 0.503 e. The zero-order chi connectivity index (χ0) is 32.8. The summed E-state index contributed by atoms with van der Waals surface area (Å²) in [5.74, 6) is 1.19. The molecule has 0 atom stereocenters. The Labute approximate surface area is 306 Å². The van der Waals surface area contributed by atoms with Crippen LogP contribution < -0.4 is 4.74 Å². The first kappa shape index (κ1) is 29.8. The molecule has 11 rings (SSSR count). The number of hydrogen-bond acceptors (Lipinski definition) is 4. The summed E-state index contributed by atoms with van der Waals surface area (Å²) in [6.07, 6.45) is 4.52. The summed E-state index contributed by atoms with van der Waals surface area (Å²) in [4.78, 5) is 15.0. The summed E-state index contributed by atoms with van der Waals surface area (Å²) in [7, 11) is 0. The molecular formula is C44H25N5OPt. The third kappa shape index (κ3) is 4.43. The Morgan fingerprint density at radius 1 is 0.588 bits per heavy atom. The van der Waals surface area contributed by atoms with E-state index in [-0.39, 0.29) is 21.1 Å². The molecule has 7 heteroatoms. The van der Waals surface area contributed by atoms with Crippen LogP contribution in [0.1, 0.15) is 11.1 Å². The molecule has 0 bridgehead atoms. The number of imidazole rings is 1. The van der Waals surface area contributed by atoms with E-state index in [0.717, 1.165) is 73.1 Å². The second-order valence-electron chi connectivity index (χ2n) is 12.7. The van der Waals surface area contributed by atoms with E-state index in [2.05, 4.69) is 112 Å². The molecule has 0 spiro atoms. The number of rotatable bonds is 4. The Hall–Kier alpha value is -6.10. The average Bonchev–Trinajstić information content (AvgIpc) is 3.75. The Morgan fingerprint density at radius 2 is 1.33 bits per heavy atom. The zero-order valence-corrected chi connectivity index (χ0v) is 29.2. The largest absolute Gasteiger partial charge is 2.00 e. The van der Waals surface area contributed by atoms with E-state index < -0.39 is 0 Å². The van der Waals surface area contributed by atoms with E-state index in [1.54, 1.807) is 0 Å². The van der Waals surface area contributed by atoms with E-state index in [0.29, 0.717) is 11.5 Å². The molecule has 1 aliphatic rings. The molecule has 0 amide bonds. The fraction of sp³-hybridized carbons (Fsp3) is 0.0227. The molecule has 0 radical (unpaired) electrons. The summed E-state index contributed by atoms with van der Waals surface area (Å²) in [6.45, 7) is 0. The van der Waals surface area contributed by atoms with Gasteiger partial charge in [-0.25, -0.2) is 4.98 Å². The standard InChI is InChI=1S/C44H25N5O.Pt/c1-3-10-27(11-4-1)39-42(28-12-5-2-6-13-28)48-37-17-9-22-45-40(37)33-21-20-31(25-36(33)44(48)47-39)50-32-19-18-29-24-30-14-7-15-34-35-16-8-23-46-43(35)49(41(30)34)38(29)26-32;/h1-23H,24H2;/q-2;+2. The maximum atomic E-state index is 6.59. The van der Waals surface area contributed by atoms with Crippen molar-refractivity contribution in [1.82, 2.24) is 23.9 Å². The van der Waals surface area contributed by atoms with Gasteiger partial charge < -0.3 is 13.7 Å². The number of aromatic nitrogens is 5. The van der Waals surface area contributed by atoms with Gasteiger partial charge in [0.05, 0.1) is 33.6 Å². The van der Waals surface area contributed by atoms with E-state index in [1.807, 2.05) is 48.8 Å².